The van der Waals surface area contributed by atoms with Crippen LogP contribution in [0.2, 0.25) is 0 Å². The van der Waals surface area contributed by atoms with E-state index in [1.807, 2.05) is 13.8 Å². The highest BCUT2D eigenvalue weighted by molar-refractivity contribution is 7.92. The van der Waals surface area contributed by atoms with Crippen molar-refractivity contribution in [3.8, 4) is 0 Å². The van der Waals surface area contributed by atoms with Gasteiger partial charge in [0, 0.05) is 12.6 Å². The molecule has 0 fully saturated rings. The summed E-state index contributed by atoms with van der Waals surface area (Å²) in [6, 6.07) is 5.91. The van der Waals surface area contributed by atoms with Crippen molar-refractivity contribution in [2.45, 2.75) is 19.9 Å². The summed E-state index contributed by atoms with van der Waals surface area (Å²) in [6.07, 6.45) is 0. The first-order valence-corrected chi connectivity index (χ1v) is 7.04. The van der Waals surface area contributed by atoms with E-state index < -0.39 is 15.8 Å². The summed E-state index contributed by atoms with van der Waals surface area (Å²) in [4.78, 5) is 0. The van der Waals surface area contributed by atoms with Gasteiger partial charge in [0.15, 0.2) is 0 Å². The van der Waals surface area contributed by atoms with E-state index in [9.17, 15) is 12.8 Å². The van der Waals surface area contributed by atoms with Gasteiger partial charge >= 0.3 is 0 Å². The van der Waals surface area contributed by atoms with Crippen LogP contribution < -0.4 is 10.0 Å². The Labute approximate surface area is 101 Å². The van der Waals surface area contributed by atoms with Crippen LogP contribution >= 0.6 is 0 Å². The van der Waals surface area contributed by atoms with Gasteiger partial charge in [-0.2, -0.15) is 0 Å². The van der Waals surface area contributed by atoms with Crippen molar-refractivity contribution in [2.75, 3.05) is 17.0 Å². The van der Waals surface area contributed by atoms with Crippen LogP contribution in [-0.2, 0) is 10.0 Å². The molecule has 0 aliphatic carbocycles. The Morgan fingerprint density at radius 2 is 1.94 bits per heavy atom. The Kier molecular flexibility index (Phi) is 4.89. The summed E-state index contributed by atoms with van der Waals surface area (Å²) >= 11 is 0. The Morgan fingerprint density at radius 1 is 1.29 bits per heavy atom. The predicted molar refractivity (Wildman–Crippen MR) is 66.9 cm³/mol. The monoisotopic (exact) mass is 260 g/mol. The summed E-state index contributed by atoms with van der Waals surface area (Å²) in [6.45, 7) is 4.19. The maximum Gasteiger partial charge on any atom is 0.234 e. The number of anilines is 1. The van der Waals surface area contributed by atoms with Gasteiger partial charge in [-0.3, -0.25) is 4.72 Å². The summed E-state index contributed by atoms with van der Waals surface area (Å²) in [5, 5.41) is 2.99. The number of benzene rings is 1. The number of sulfonamides is 1. The van der Waals surface area contributed by atoms with Crippen LogP contribution in [0.4, 0.5) is 10.1 Å². The third-order valence-corrected chi connectivity index (χ3v) is 3.34. The first kappa shape index (κ1) is 13.9. The molecule has 0 radical (unpaired) electrons. The molecule has 1 rings (SSSR count). The zero-order chi connectivity index (χ0) is 12.9. The summed E-state index contributed by atoms with van der Waals surface area (Å²) in [7, 11) is -3.51. The highest BCUT2D eigenvalue weighted by Gasteiger charge is 2.12. The lowest BCUT2D eigenvalue weighted by atomic mass is 10.3. The fourth-order valence-corrected chi connectivity index (χ4v) is 2.23. The van der Waals surface area contributed by atoms with E-state index in [-0.39, 0.29) is 17.5 Å². The Morgan fingerprint density at radius 3 is 2.53 bits per heavy atom. The molecule has 0 heterocycles. The Hall–Kier alpha value is -1.14. The van der Waals surface area contributed by atoms with Crippen molar-refractivity contribution < 1.29 is 12.8 Å². The van der Waals surface area contributed by atoms with Gasteiger partial charge in [0.2, 0.25) is 10.0 Å². The van der Waals surface area contributed by atoms with Crippen LogP contribution in [-0.4, -0.2) is 26.8 Å². The van der Waals surface area contributed by atoms with Crippen molar-refractivity contribution >= 4 is 15.7 Å². The number of hydrogen-bond acceptors (Lipinski definition) is 3. The van der Waals surface area contributed by atoms with Gasteiger partial charge in [0.25, 0.3) is 0 Å². The highest BCUT2D eigenvalue weighted by Crippen LogP contribution is 2.13. The normalized spacial score (nSPS) is 11.8. The molecule has 0 aliphatic rings. The second-order valence-corrected chi connectivity index (χ2v) is 5.85. The van der Waals surface area contributed by atoms with Crippen LogP contribution in [0.25, 0.3) is 0 Å². The van der Waals surface area contributed by atoms with Crippen molar-refractivity contribution in [1.29, 1.82) is 0 Å². The lowest BCUT2D eigenvalue weighted by molar-refractivity contribution is 0.580. The second kappa shape index (κ2) is 5.97. The molecule has 0 bridgehead atoms. The fourth-order valence-electron chi connectivity index (χ4n) is 1.24. The van der Waals surface area contributed by atoms with Crippen LogP contribution in [0.5, 0.6) is 0 Å². The van der Waals surface area contributed by atoms with Gasteiger partial charge in [-0.05, 0) is 12.1 Å². The largest absolute Gasteiger partial charge is 0.313 e. The van der Waals surface area contributed by atoms with Gasteiger partial charge in [0.1, 0.15) is 5.82 Å². The van der Waals surface area contributed by atoms with Gasteiger partial charge in [0.05, 0.1) is 11.4 Å². The zero-order valence-electron chi connectivity index (χ0n) is 9.90. The van der Waals surface area contributed by atoms with Crippen LogP contribution in [0.1, 0.15) is 13.8 Å². The molecule has 0 aromatic heterocycles. The van der Waals surface area contributed by atoms with Crippen molar-refractivity contribution in [2.24, 2.45) is 0 Å². The lowest BCUT2D eigenvalue weighted by Crippen LogP contribution is -2.31. The molecule has 4 nitrogen and oxygen atoms in total. The van der Waals surface area contributed by atoms with Gasteiger partial charge < -0.3 is 5.32 Å². The molecule has 0 saturated heterocycles. The van der Waals surface area contributed by atoms with E-state index in [4.69, 9.17) is 0 Å². The average Bonchev–Trinajstić information content (AvgIpc) is 2.20. The number of halogens is 1. The summed E-state index contributed by atoms with van der Waals surface area (Å²) in [5.41, 5.74) is -0.0166. The molecule has 96 valence electrons. The zero-order valence-corrected chi connectivity index (χ0v) is 10.7. The number of nitrogens with one attached hydrogen (secondary N) is 2. The topological polar surface area (TPSA) is 58.2 Å². The smallest absolute Gasteiger partial charge is 0.234 e. The molecule has 1 aromatic carbocycles. The molecule has 0 saturated carbocycles. The molecule has 17 heavy (non-hydrogen) atoms. The maximum absolute atomic E-state index is 13.2. The third kappa shape index (κ3) is 5.14. The molecule has 0 aliphatic heterocycles. The molecule has 0 amide bonds. The number of hydrogen-bond donors (Lipinski definition) is 2. The molecule has 6 heteroatoms. The van der Waals surface area contributed by atoms with E-state index in [0.29, 0.717) is 6.54 Å². The molecule has 0 atom stereocenters. The van der Waals surface area contributed by atoms with E-state index in [0.717, 1.165) is 0 Å². The SMILES string of the molecule is CC(C)NCCS(=O)(=O)Nc1ccccc1F. The minimum Gasteiger partial charge on any atom is -0.313 e. The van der Waals surface area contributed by atoms with Crippen LogP contribution in [0.15, 0.2) is 24.3 Å². The van der Waals surface area contributed by atoms with E-state index in [1.54, 1.807) is 6.07 Å². The van der Waals surface area contributed by atoms with E-state index >= 15 is 0 Å². The Bertz CT molecular complexity index is 460. The van der Waals surface area contributed by atoms with E-state index in [1.165, 1.54) is 18.2 Å². The first-order chi connectivity index (χ1) is 7.91. The lowest BCUT2D eigenvalue weighted by Gasteiger charge is -2.10. The molecular formula is C11H17FN2O2S. The highest BCUT2D eigenvalue weighted by atomic mass is 32.2. The van der Waals surface area contributed by atoms with Crippen LogP contribution in [0, 0.1) is 5.82 Å². The first-order valence-electron chi connectivity index (χ1n) is 5.39. The number of rotatable bonds is 6. The van der Waals surface area contributed by atoms with Gasteiger partial charge in [-0.15, -0.1) is 0 Å². The van der Waals surface area contributed by atoms with Crippen LogP contribution in [0.3, 0.4) is 0 Å². The molecule has 0 unspecified atom stereocenters. The van der Waals surface area contributed by atoms with Gasteiger partial charge in [-0.25, -0.2) is 12.8 Å². The Balaban J connectivity index is 2.58. The van der Waals surface area contributed by atoms with Crippen molar-refractivity contribution in [3.05, 3.63) is 30.1 Å². The maximum atomic E-state index is 13.2. The minimum atomic E-state index is -3.51. The van der Waals surface area contributed by atoms with Crippen molar-refractivity contribution in [3.63, 3.8) is 0 Å². The van der Waals surface area contributed by atoms with Gasteiger partial charge in [-0.1, -0.05) is 26.0 Å². The molecule has 1 aromatic rings. The summed E-state index contributed by atoms with van der Waals surface area (Å²) in [5.74, 6) is -0.660. The molecule has 0 spiro atoms. The van der Waals surface area contributed by atoms with E-state index in [2.05, 4.69) is 10.0 Å². The second-order valence-electron chi connectivity index (χ2n) is 4.01. The fraction of sp³-hybridized carbons (Fsp3) is 0.455. The summed E-state index contributed by atoms with van der Waals surface area (Å²) < 4.78 is 38.7. The molecule has 2 N–H and O–H groups in total. The van der Waals surface area contributed by atoms with Crippen molar-refractivity contribution in [1.82, 2.24) is 5.32 Å². The molecular weight excluding hydrogens is 243 g/mol. The quantitative estimate of drug-likeness (QED) is 0.816. The average molecular weight is 260 g/mol. The predicted octanol–water partition coefficient (Wildman–Crippen LogP) is 1.57. The standard InChI is InChI=1S/C11H17FN2O2S/c1-9(2)13-7-8-17(15,16)14-11-6-4-3-5-10(11)12/h3-6,9,13-14H,7-8H2,1-2H3. The third-order valence-electron chi connectivity index (χ3n) is 2.06. The minimum absolute atomic E-state index is 0.0166. The number of para-hydroxylation sites is 1.